The Morgan fingerprint density at radius 2 is 1.57 bits per heavy atom. The van der Waals surface area contributed by atoms with Gasteiger partial charge in [0, 0.05) is 12.7 Å². The minimum Gasteiger partial charge on any atom is -0.365 e. The van der Waals surface area contributed by atoms with Crippen molar-refractivity contribution >= 4 is 5.82 Å². The SMILES string of the molecule is Fc1ccc(CNc2ncccc2C(F)(F)F)c(C(F)(F)F)c1. The van der Waals surface area contributed by atoms with Crippen LogP contribution in [0.3, 0.4) is 0 Å². The fourth-order valence-electron chi connectivity index (χ4n) is 1.92. The third-order valence-corrected chi connectivity index (χ3v) is 2.94. The van der Waals surface area contributed by atoms with E-state index in [4.69, 9.17) is 0 Å². The second kappa shape index (κ2) is 6.05. The van der Waals surface area contributed by atoms with E-state index >= 15 is 0 Å². The van der Waals surface area contributed by atoms with E-state index in [1.807, 2.05) is 0 Å². The van der Waals surface area contributed by atoms with Gasteiger partial charge in [0.1, 0.15) is 11.6 Å². The molecule has 1 N–H and O–H groups in total. The Bertz CT molecular complexity index is 692. The van der Waals surface area contributed by atoms with Crippen LogP contribution >= 0.6 is 0 Å². The third-order valence-electron chi connectivity index (χ3n) is 2.94. The number of halogens is 7. The van der Waals surface area contributed by atoms with Crippen molar-refractivity contribution < 1.29 is 30.7 Å². The Morgan fingerprint density at radius 1 is 0.913 bits per heavy atom. The lowest BCUT2D eigenvalue weighted by Crippen LogP contribution is -2.15. The van der Waals surface area contributed by atoms with E-state index < -0.39 is 47.2 Å². The molecule has 0 bridgehead atoms. The van der Waals surface area contributed by atoms with E-state index in [0.717, 1.165) is 30.5 Å². The summed E-state index contributed by atoms with van der Waals surface area (Å²) in [6.07, 6.45) is -8.45. The van der Waals surface area contributed by atoms with E-state index in [9.17, 15) is 30.7 Å². The fourth-order valence-corrected chi connectivity index (χ4v) is 1.92. The van der Waals surface area contributed by atoms with Crippen molar-refractivity contribution in [3.63, 3.8) is 0 Å². The van der Waals surface area contributed by atoms with Gasteiger partial charge in [-0.25, -0.2) is 9.37 Å². The number of hydrogen-bond donors (Lipinski definition) is 1. The number of alkyl halides is 6. The van der Waals surface area contributed by atoms with Crippen molar-refractivity contribution in [3.8, 4) is 0 Å². The molecule has 2 rings (SSSR count). The molecule has 0 amide bonds. The highest BCUT2D eigenvalue weighted by Crippen LogP contribution is 2.35. The maximum atomic E-state index is 13.0. The molecule has 1 aromatic carbocycles. The number of rotatable bonds is 3. The molecule has 0 aliphatic rings. The Balaban J connectivity index is 2.30. The first-order valence-corrected chi connectivity index (χ1v) is 6.21. The summed E-state index contributed by atoms with van der Waals surface area (Å²) in [6, 6.07) is 3.77. The molecule has 2 nitrogen and oxygen atoms in total. The summed E-state index contributed by atoms with van der Waals surface area (Å²) in [5.74, 6) is -1.69. The van der Waals surface area contributed by atoms with Crippen molar-refractivity contribution in [1.29, 1.82) is 0 Å². The number of pyridine rings is 1. The number of aromatic nitrogens is 1. The molecule has 0 atom stereocenters. The highest BCUT2D eigenvalue weighted by atomic mass is 19.4. The molecule has 0 aliphatic heterocycles. The third kappa shape index (κ3) is 4.11. The minimum absolute atomic E-state index is 0.292. The second-order valence-corrected chi connectivity index (χ2v) is 4.55. The first-order valence-electron chi connectivity index (χ1n) is 6.21. The van der Waals surface area contributed by atoms with Crippen LogP contribution in [0.4, 0.5) is 36.6 Å². The van der Waals surface area contributed by atoms with Crippen LogP contribution in [0.2, 0.25) is 0 Å². The zero-order valence-corrected chi connectivity index (χ0v) is 11.3. The molecule has 2 aromatic rings. The first kappa shape index (κ1) is 17.0. The largest absolute Gasteiger partial charge is 0.419 e. The van der Waals surface area contributed by atoms with Crippen LogP contribution in [-0.4, -0.2) is 4.98 Å². The molecule has 124 valence electrons. The van der Waals surface area contributed by atoms with Crippen LogP contribution in [0.1, 0.15) is 16.7 Å². The van der Waals surface area contributed by atoms with Gasteiger partial charge in [0.15, 0.2) is 0 Å². The van der Waals surface area contributed by atoms with Crippen LogP contribution < -0.4 is 5.32 Å². The van der Waals surface area contributed by atoms with Crippen molar-refractivity contribution in [3.05, 3.63) is 59.0 Å². The van der Waals surface area contributed by atoms with Gasteiger partial charge >= 0.3 is 12.4 Å². The maximum Gasteiger partial charge on any atom is 0.419 e. The standard InChI is InChI=1S/C14H9F7N2/c15-9-4-3-8(11(6-9)14(19,20)21)7-23-12-10(13(16,17)18)2-1-5-22-12/h1-6H,7H2,(H,22,23). The number of hydrogen-bond acceptors (Lipinski definition) is 2. The molecule has 1 heterocycles. The average molecular weight is 338 g/mol. The van der Waals surface area contributed by atoms with Gasteiger partial charge in [-0.15, -0.1) is 0 Å². The molecule has 23 heavy (non-hydrogen) atoms. The molecule has 0 unspecified atom stereocenters. The Labute approximate surface area is 126 Å². The van der Waals surface area contributed by atoms with Crippen LogP contribution in [-0.2, 0) is 18.9 Å². The number of benzene rings is 1. The van der Waals surface area contributed by atoms with Gasteiger partial charge in [0.2, 0.25) is 0 Å². The molecule has 1 aromatic heterocycles. The topological polar surface area (TPSA) is 24.9 Å². The molecule has 0 fully saturated rings. The summed E-state index contributed by atoms with van der Waals surface area (Å²) in [4.78, 5) is 3.48. The smallest absolute Gasteiger partial charge is 0.365 e. The molecule has 9 heteroatoms. The molecule has 0 radical (unpaired) electrons. The number of nitrogens with one attached hydrogen (secondary N) is 1. The predicted octanol–water partition coefficient (Wildman–Crippen LogP) is 4.87. The quantitative estimate of drug-likeness (QED) is 0.808. The molecule has 0 spiro atoms. The summed E-state index contributed by atoms with van der Waals surface area (Å²) in [6.45, 7) is -0.588. The second-order valence-electron chi connectivity index (χ2n) is 4.55. The summed E-state index contributed by atoms with van der Waals surface area (Å²) in [5, 5.41) is 2.21. The first-order chi connectivity index (χ1) is 10.6. The van der Waals surface area contributed by atoms with Gasteiger partial charge in [0.05, 0.1) is 11.1 Å². The molecule has 0 aliphatic carbocycles. The lowest BCUT2D eigenvalue weighted by Gasteiger charge is -2.16. The predicted molar refractivity (Wildman–Crippen MR) is 68.0 cm³/mol. The van der Waals surface area contributed by atoms with Gasteiger partial charge in [0.25, 0.3) is 0 Å². The molecular weight excluding hydrogens is 329 g/mol. The van der Waals surface area contributed by atoms with Crippen molar-refractivity contribution in [2.24, 2.45) is 0 Å². The maximum absolute atomic E-state index is 13.0. The van der Waals surface area contributed by atoms with Gasteiger partial charge in [-0.3, -0.25) is 0 Å². The zero-order chi connectivity index (χ0) is 17.3. The van der Waals surface area contributed by atoms with Crippen LogP contribution in [0.15, 0.2) is 36.5 Å². The van der Waals surface area contributed by atoms with Crippen molar-refractivity contribution in [2.45, 2.75) is 18.9 Å². The lowest BCUT2D eigenvalue weighted by molar-refractivity contribution is -0.139. The van der Waals surface area contributed by atoms with Crippen LogP contribution in [0, 0.1) is 5.82 Å². The number of nitrogens with zero attached hydrogens (tertiary/aromatic N) is 1. The van der Waals surface area contributed by atoms with E-state index in [-0.39, 0.29) is 0 Å². The Morgan fingerprint density at radius 3 is 2.17 bits per heavy atom. The normalized spacial score (nSPS) is 12.3. The van der Waals surface area contributed by atoms with Gasteiger partial charge in [-0.05, 0) is 29.8 Å². The van der Waals surface area contributed by atoms with Crippen LogP contribution in [0.5, 0.6) is 0 Å². The van der Waals surface area contributed by atoms with E-state index in [2.05, 4.69) is 10.3 Å². The highest BCUT2D eigenvalue weighted by Gasteiger charge is 2.35. The number of anilines is 1. The minimum atomic E-state index is -4.82. The Kier molecular flexibility index (Phi) is 4.49. The summed E-state index contributed by atoms with van der Waals surface area (Å²) in [7, 11) is 0. The van der Waals surface area contributed by atoms with Gasteiger partial charge < -0.3 is 5.32 Å². The highest BCUT2D eigenvalue weighted by molar-refractivity contribution is 5.46. The van der Waals surface area contributed by atoms with E-state index in [0.29, 0.717) is 6.07 Å². The summed E-state index contributed by atoms with van der Waals surface area (Å²) in [5.41, 5.74) is -2.75. The summed E-state index contributed by atoms with van der Waals surface area (Å²) < 4.78 is 89.8. The monoisotopic (exact) mass is 338 g/mol. The van der Waals surface area contributed by atoms with Crippen molar-refractivity contribution in [1.82, 2.24) is 4.98 Å². The van der Waals surface area contributed by atoms with E-state index in [1.165, 1.54) is 0 Å². The summed E-state index contributed by atoms with van der Waals surface area (Å²) >= 11 is 0. The zero-order valence-electron chi connectivity index (χ0n) is 11.3. The molecular formula is C14H9F7N2. The van der Waals surface area contributed by atoms with Gasteiger partial charge in [-0.2, -0.15) is 26.3 Å². The fraction of sp³-hybridized carbons (Fsp3) is 0.214. The van der Waals surface area contributed by atoms with Crippen LogP contribution in [0.25, 0.3) is 0 Å². The van der Waals surface area contributed by atoms with E-state index in [1.54, 1.807) is 0 Å². The van der Waals surface area contributed by atoms with Gasteiger partial charge in [-0.1, -0.05) is 6.07 Å². The Hall–Kier alpha value is -2.32. The molecule has 0 saturated heterocycles. The molecule has 0 saturated carbocycles. The van der Waals surface area contributed by atoms with Crippen molar-refractivity contribution in [2.75, 3.05) is 5.32 Å². The average Bonchev–Trinajstić information content (AvgIpc) is 2.44. The lowest BCUT2D eigenvalue weighted by atomic mass is 10.1.